The Balaban J connectivity index is 4.76. The number of hydrogen-bond donors (Lipinski definition) is 0. The van der Waals surface area contributed by atoms with Crippen molar-refractivity contribution >= 4 is 6.47 Å². The molecule has 0 heterocycles. The number of ether oxygens (including phenoxy) is 2. The van der Waals surface area contributed by atoms with Crippen LogP contribution >= 0.6 is 0 Å². The van der Waals surface area contributed by atoms with Gasteiger partial charge in [-0.2, -0.15) is 8.78 Å². The maximum Gasteiger partial charge on any atom is 0.364 e. The second-order valence-electron chi connectivity index (χ2n) is 3.98. The zero-order valence-electron chi connectivity index (χ0n) is 9.86. The molecule has 0 spiro atoms. The summed E-state index contributed by atoms with van der Waals surface area (Å²) in [6.07, 6.45) is -7.29. The molecule has 3 nitrogen and oxygen atoms in total. The maximum absolute atomic E-state index is 13.1. The summed E-state index contributed by atoms with van der Waals surface area (Å²) in [6, 6.07) is 0. The van der Waals surface area contributed by atoms with Crippen LogP contribution in [0, 0.1) is 0 Å². The number of halogens is 7. The Bertz CT molecular complexity index is 311. The van der Waals surface area contributed by atoms with E-state index in [0.29, 0.717) is 0 Å². The molecule has 1 atom stereocenters. The van der Waals surface area contributed by atoms with Crippen molar-refractivity contribution in [2.24, 2.45) is 0 Å². The van der Waals surface area contributed by atoms with Gasteiger partial charge in [0.25, 0.3) is 18.2 Å². The first-order valence-electron chi connectivity index (χ1n) is 4.80. The number of carbonyl (C=O) groups is 1. The van der Waals surface area contributed by atoms with E-state index in [1.807, 2.05) is 0 Å². The first kappa shape index (κ1) is 17.9. The predicted molar refractivity (Wildman–Crippen MR) is 47.7 cm³/mol. The van der Waals surface area contributed by atoms with Crippen LogP contribution in [0.3, 0.4) is 0 Å². The van der Waals surface area contributed by atoms with Crippen molar-refractivity contribution in [2.75, 3.05) is 6.61 Å². The molecule has 0 saturated carbocycles. The zero-order chi connectivity index (χ0) is 15.5. The normalized spacial score (nSPS) is 16.9. The average Bonchev–Trinajstić information content (AvgIpc) is 2.09. The van der Waals surface area contributed by atoms with Crippen LogP contribution in [0.4, 0.5) is 30.7 Å². The third-order valence-electron chi connectivity index (χ3n) is 1.95. The highest BCUT2D eigenvalue weighted by atomic mass is 19.3. The van der Waals surface area contributed by atoms with Gasteiger partial charge in [0.15, 0.2) is 6.61 Å². The summed E-state index contributed by atoms with van der Waals surface area (Å²) in [5.74, 6) is -12.7. The SMILES string of the molecule is CC(F)(F)C(C)(F)OC(F)(F)CC(F)(F)COC=O. The number of hydrogen-bond acceptors (Lipinski definition) is 3. The zero-order valence-corrected chi connectivity index (χ0v) is 9.86. The third-order valence-corrected chi connectivity index (χ3v) is 1.95. The maximum atomic E-state index is 13.1. The van der Waals surface area contributed by atoms with E-state index in [9.17, 15) is 35.5 Å². The molecule has 0 radical (unpaired) electrons. The van der Waals surface area contributed by atoms with Gasteiger partial charge < -0.3 is 4.74 Å². The first-order valence-corrected chi connectivity index (χ1v) is 4.80. The van der Waals surface area contributed by atoms with Gasteiger partial charge in [0.1, 0.15) is 6.42 Å². The smallest absolute Gasteiger partial charge is 0.364 e. The van der Waals surface area contributed by atoms with Gasteiger partial charge in [0.05, 0.1) is 0 Å². The van der Waals surface area contributed by atoms with Gasteiger partial charge in [-0.1, -0.05) is 0 Å². The van der Waals surface area contributed by atoms with E-state index in [1.54, 1.807) is 0 Å². The van der Waals surface area contributed by atoms with Gasteiger partial charge >= 0.3 is 12.0 Å². The fraction of sp³-hybridized carbons (Fsp3) is 0.889. The lowest BCUT2D eigenvalue weighted by Gasteiger charge is -2.32. The minimum absolute atomic E-state index is 0.0129. The molecular weight excluding hydrogens is 289 g/mol. The molecule has 0 N–H and O–H groups in total. The molecule has 0 aliphatic carbocycles. The summed E-state index contributed by atoms with van der Waals surface area (Å²) in [4.78, 5) is 9.64. The minimum atomic E-state index is -4.88. The van der Waals surface area contributed by atoms with Gasteiger partial charge in [-0.25, -0.2) is 22.0 Å². The summed E-state index contributed by atoms with van der Waals surface area (Å²) < 4.78 is 96.6. The molecule has 19 heavy (non-hydrogen) atoms. The molecule has 0 aromatic carbocycles. The molecule has 114 valence electrons. The number of carbonyl (C=O) groups excluding carboxylic acids is 1. The van der Waals surface area contributed by atoms with Gasteiger partial charge in [0, 0.05) is 13.8 Å². The Labute approximate surface area is 103 Å². The Morgan fingerprint density at radius 1 is 1.00 bits per heavy atom. The van der Waals surface area contributed by atoms with E-state index in [1.165, 1.54) is 0 Å². The van der Waals surface area contributed by atoms with E-state index in [0.717, 1.165) is 0 Å². The Morgan fingerprint density at radius 2 is 1.47 bits per heavy atom. The van der Waals surface area contributed by atoms with Crippen molar-refractivity contribution in [3.05, 3.63) is 0 Å². The third kappa shape index (κ3) is 6.08. The quantitative estimate of drug-likeness (QED) is 0.510. The fourth-order valence-corrected chi connectivity index (χ4v) is 0.914. The van der Waals surface area contributed by atoms with E-state index < -0.39 is 43.3 Å². The Morgan fingerprint density at radius 3 is 1.84 bits per heavy atom. The largest absolute Gasteiger partial charge is 0.461 e. The van der Waals surface area contributed by atoms with E-state index in [2.05, 4.69) is 9.47 Å². The second kappa shape index (κ2) is 5.51. The van der Waals surface area contributed by atoms with E-state index in [-0.39, 0.29) is 13.8 Å². The summed E-state index contributed by atoms with van der Waals surface area (Å²) in [5.41, 5.74) is 0. The molecule has 0 rings (SSSR count). The van der Waals surface area contributed by atoms with Crippen LogP contribution in [-0.2, 0) is 14.3 Å². The van der Waals surface area contributed by atoms with Gasteiger partial charge in [-0.05, 0) is 0 Å². The van der Waals surface area contributed by atoms with Crippen LogP contribution in [0.2, 0.25) is 0 Å². The molecule has 0 aliphatic heterocycles. The van der Waals surface area contributed by atoms with Crippen molar-refractivity contribution in [1.82, 2.24) is 0 Å². The van der Waals surface area contributed by atoms with Crippen molar-refractivity contribution in [2.45, 2.75) is 44.1 Å². The molecule has 0 bridgehead atoms. The van der Waals surface area contributed by atoms with Crippen LogP contribution < -0.4 is 0 Å². The topological polar surface area (TPSA) is 35.5 Å². The van der Waals surface area contributed by atoms with Gasteiger partial charge in [-0.3, -0.25) is 9.53 Å². The lowest BCUT2D eigenvalue weighted by Crippen LogP contribution is -2.48. The van der Waals surface area contributed by atoms with Crippen LogP contribution in [0.25, 0.3) is 0 Å². The Hall–Kier alpha value is -1.06. The van der Waals surface area contributed by atoms with Crippen molar-refractivity contribution in [3.63, 3.8) is 0 Å². The number of rotatable bonds is 8. The van der Waals surface area contributed by atoms with Crippen LogP contribution in [0.15, 0.2) is 0 Å². The molecule has 0 aromatic rings. The lowest BCUT2D eigenvalue weighted by atomic mass is 10.2. The highest BCUT2D eigenvalue weighted by Gasteiger charge is 2.56. The second-order valence-corrected chi connectivity index (χ2v) is 3.98. The molecule has 0 amide bonds. The number of alkyl halides is 7. The summed E-state index contributed by atoms with van der Waals surface area (Å²) in [7, 11) is 0. The van der Waals surface area contributed by atoms with Crippen molar-refractivity contribution in [1.29, 1.82) is 0 Å². The summed E-state index contributed by atoms with van der Waals surface area (Å²) >= 11 is 0. The van der Waals surface area contributed by atoms with Crippen molar-refractivity contribution < 1.29 is 45.0 Å². The van der Waals surface area contributed by atoms with Gasteiger partial charge in [0.2, 0.25) is 0 Å². The highest BCUT2D eigenvalue weighted by Crippen LogP contribution is 2.41. The van der Waals surface area contributed by atoms with Crippen molar-refractivity contribution in [3.8, 4) is 0 Å². The Kier molecular flexibility index (Phi) is 5.21. The standard InChI is InChI=1S/C9H11F7O3/c1-6(10,11)7(2,12)19-9(15,16)3-8(13,14)4-18-5-17/h5H,3-4H2,1-2H3. The monoisotopic (exact) mass is 300 g/mol. The highest BCUT2D eigenvalue weighted by molar-refractivity contribution is 5.37. The van der Waals surface area contributed by atoms with E-state index >= 15 is 0 Å². The molecule has 0 aromatic heterocycles. The molecule has 1 unspecified atom stereocenters. The van der Waals surface area contributed by atoms with Crippen LogP contribution in [0.5, 0.6) is 0 Å². The molecular formula is C9H11F7O3. The molecule has 0 fully saturated rings. The van der Waals surface area contributed by atoms with Crippen LogP contribution in [0.1, 0.15) is 20.3 Å². The predicted octanol–water partition coefficient (Wildman–Crippen LogP) is 3.14. The average molecular weight is 300 g/mol. The summed E-state index contributed by atoms with van der Waals surface area (Å²) in [6.45, 7) is -2.18. The fourth-order valence-electron chi connectivity index (χ4n) is 0.914. The lowest BCUT2D eigenvalue weighted by molar-refractivity contribution is -0.385. The van der Waals surface area contributed by atoms with Crippen LogP contribution in [-0.4, -0.2) is 36.9 Å². The summed E-state index contributed by atoms with van der Waals surface area (Å²) in [5, 5.41) is 0. The van der Waals surface area contributed by atoms with Gasteiger partial charge in [-0.15, -0.1) is 0 Å². The molecule has 0 saturated heterocycles. The molecule has 0 aliphatic rings. The minimum Gasteiger partial charge on any atom is -0.461 e. The molecule has 10 heteroatoms. The first-order chi connectivity index (χ1) is 8.22. The van der Waals surface area contributed by atoms with E-state index in [4.69, 9.17) is 0 Å².